The summed E-state index contributed by atoms with van der Waals surface area (Å²) in [5.74, 6) is -1.94. The molecule has 0 aliphatic rings. The van der Waals surface area contributed by atoms with Gasteiger partial charge in [-0.2, -0.15) is 0 Å². The SMILES string of the molecule is CC(C)(CC(N)=O)NC(=O)NC(CO)C(=O)O. The van der Waals surface area contributed by atoms with Gasteiger partial charge < -0.3 is 26.6 Å². The van der Waals surface area contributed by atoms with Gasteiger partial charge in [0, 0.05) is 12.0 Å². The monoisotopic (exact) mass is 247 g/mol. The summed E-state index contributed by atoms with van der Waals surface area (Å²) >= 11 is 0. The Balaban J connectivity index is 4.34. The number of hydrogen-bond acceptors (Lipinski definition) is 4. The second-order valence-electron chi connectivity index (χ2n) is 4.20. The van der Waals surface area contributed by atoms with Gasteiger partial charge in [0.2, 0.25) is 5.91 Å². The first-order valence-corrected chi connectivity index (χ1v) is 4.88. The van der Waals surface area contributed by atoms with Crippen LogP contribution in [0.3, 0.4) is 0 Å². The van der Waals surface area contributed by atoms with E-state index < -0.39 is 36.1 Å². The quantitative estimate of drug-likeness (QED) is 0.383. The molecular formula is C9H17N3O5. The van der Waals surface area contributed by atoms with Crippen LogP contribution in [0.1, 0.15) is 20.3 Å². The van der Waals surface area contributed by atoms with Crippen LogP contribution in [0.5, 0.6) is 0 Å². The summed E-state index contributed by atoms with van der Waals surface area (Å²) in [4.78, 5) is 32.6. The third kappa shape index (κ3) is 6.36. The lowest BCUT2D eigenvalue weighted by atomic mass is 10.0. The van der Waals surface area contributed by atoms with Crippen LogP contribution in [0.4, 0.5) is 4.79 Å². The molecule has 0 saturated heterocycles. The Hall–Kier alpha value is -1.83. The van der Waals surface area contributed by atoms with Crippen molar-refractivity contribution in [1.29, 1.82) is 0 Å². The largest absolute Gasteiger partial charge is 0.480 e. The third-order valence-corrected chi connectivity index (χ3v) is 1.85. The summed E-state index contributed by atoms with van der Waals surface area (Å²) in [6.07, 6.45) is -0.0860. The summed E-state index contributed by atoms with van der Waals surface area (Å²) in [5.41, 5.74) is 4.09. The lowest BCUT2D eigenvalue weighted by molar-refractivity contribution is -0.140. The number of carboxylic acids is 1. The fourth-order valence-electron chi connectivity index (χ4n) is 1.17. The minimum atomic E-state index is -1.39. The zero-order valence-corrected chi connectivity index (χ0v) is 9.69. The second kappa shape index (κ2) is 6.04. The molecule has 0 saturated carbocycles. The molecule has 0 spiro atoms. The fraction of sp³-hybridized carbons (Fsp3) is 0.667. The smallest absolute Gasteiger partial charge is 0.328 e. The van der Waals surface area contributed by atoms with E-state index in [1.807, 2.05) is 5.32 Å². The number of amides is 3. The van der Waals surface area contributed by atoms with Gasteiger partial charge in [0.15, 0.2) is 6.04 Å². The molecule has 1 unspecified atom stereocenters. The summed E-state index contributed by atoms with van der Waals surface area (Å²) < 4.78 is 0. The van der Waals surface area contributed by atoms with Crippen molar-refractivity contribution in [2.45, 2.75) is 31.8 Å². The average molecular weight is 247 g/mol. The highest BCUT2D eigenvalue weighted by molar-refractivity contribution is 5.83. The molecular weight excluding hydrogens is 230 g/mol. The highest BCUT2D eigenvalue weighted by atomic mass is 16.4. The van der Waals surface area contributed by atoms with Crippen LogP contribution >= 0.6 is 0 Å². The molecule has 8 nitrogen and oxygen atoms in total. The molecule has 98 valence electrons. The standard InChI is InChI=1S/C9H17N3O5/c1-9(2,3-6(10)14)12-8(17)11-5(4-13)7(15)16/h5,13H,3-4H2,1-2H3,(H2,10,14)(H,15,16)(H2,11,12,17). The first kappa shape index (κ1) is 15.2. The molecule has 0 bridgehead atoms. The number of rotatable bonds is 6. The molecule has 0 aromatic carbocycles. The summed E-state index contributed by atoms with van der Waals surface area (Å²) in [7, 11) is 0. The molecule has 0 rings (SSSR count). The average Bonchev–Trinajstić information content (AvgIpc) is 2.10. The van der Waals surface area contributed by atoms with Crippen LogP contribution in [0, 0.1) is 0 Å². The van der Waals surface area contributed by atoms with Crippen molar-refractivity contribution in [2.24, 2.45) is 5.73 Å². The van der Waals surface area contributed by atoms with Crippen LogP contribution < -0.4 is 16.4 Å². The number of primary amides is 1. The van der Waals surface area contributed by atoms with E-state index in [0.717, 1.165) is 0 Å². The number of hydrogen-bond donors (Lipinski definition) is 5. The van der Waals surface area contributed by atoms with E-state index in [9.17, 15) is 14.4 Å². The molecule has 0 aliphatic carbocycles. The zero-order valence-electron chi connectivity index (χ0n) is 9.69. The summed E-state index contributed by atoms with van der Waals surface area (Å²) in [6.45, 7) is 2.40. The van der Waals surface area contributed by atoms with Gasteiger partial charge in [-0.25, -0.2) is 9.59 Å². The number of nitrogens with one attached hydrogen (secondary N) is 2. The Morgan fingerprint density at radius 3 is 2.24 bits per heavy atom. The minimum Gasteiger partial charge on any atom is -0.480 e. The number of urea groups is 1. The Morgan fingerprint density at radius 1 is 1.35 bits per heavy atom. The molecule has 3 amide bonds. The topological polar surface area (TPSA) is 142 Å². The second-order valence-corrected chi connectivity index (χ2v) is 4.20. The molecule has 0 aliphatic heterocycles. The van der Waals surface area contributed by atoms with Crippen molar-refractivity contribution >= 4 is 17.9 Å². The highest BCUT2D eigenvalue weighted by Gasteiger charge is 2.25. The number of carboxylic acid groups (broad SMARTS) is 1. The van der Waals surface area contributed by atoms with Gasteiger partial charge in [-0.1, -0.05) is 0 Å². The van der Waals surface area contributed by atoms with Gasteiger partial charge in [-0.15, -0.1) is 0 Å². The number of aliphatic hydroxyl groups excluding tert-OH is 1. The molecule has 0 heterocycles. The number of carbonyl (C=O) groups is 3. The number of carbonyl (C=O) groups excluding carboxylic acids is 2. The zero-order chi connectivity index (χ0) is 13.6. The molecule has 1 atom stereocenters. The van der Waals surface area contributed by atoms with E-state index in [-0.39, 0.29) is 6.42 Å². The molecule has 0 aromatic heterocycles. The maximum atomic E-state index is 11.4. The summed E-state index contributed by atoms with van der Waals surface area (Å²) in [6, 6.07) is -2.18. The van der Waals surface area contributed by atoms with Gasteiger partial charge in [-0.3, -0.25) is 4.79 Å². The van der Waals surface area contributed by atoms with Gasteiger partial charge in [0.1, 0.15) is 0 Å². The van der Waals surface area contributed by atoms with Crippen LogP contribution in [0.25, 0.3) is 0 Å². The molecule has 17 heavy (non-hydrogen) atoms. The van der Waals surface area contributed by atoms with E-state index in [1.54, 1.807) is 13.8 Å². The predicted molar refractivity (Wildman–Crippen MR) is 58.1 cm³/mol. The van der Waals surface area contributed by atoms with Crippen molar-refractivity contribution < 1.29 is 24.6 Å². The maximum absolute atomic E-state index is 11.4. The van der Waals surface area contributed by atoms with Gasteiger partial charge in [-0.05, 0) is 13.8 Å². The van der Waals surface area contributed by atoms with Crippen LogP contribution in [0.2, 0.25) is 0 Å². The first-order chi connectivity index (χ1) is 7.68. The maximum Gasteiger partial charge on any atom is 0.328 e. The van der Waals surface area contributed by atoms with Crippen molar-refractivity contribution in [3.63, 3.8) is 0 Å². The number of aliphatic carboxylic acids is 1. The third-order valence-electron chi connectivity index (χ3n) is 1.85. The highest BCUT2D eigenvalue weighted by Crippen LogP contribution is 2.06. The van der Waals surface area contributed by atoms with Crippen LogP contribution in [-0.2, 0) is 9.59 Å². The first-order valence-electron chi connectivity index (χ1n) is 4.88. The van der Waals surface area contributed by atoms with Gasteiger partial charge in [0.05, 0.1) is 6.61 Å². The Morgan fingerprint density at radius 2 is 1.88 bits per heavy atom. The van der Waals surface area contributed by atoms with Crippen LogP contribution in [0.15, 0.2) is 0 Å². The minimum absolute atomic E-state index is 0.0860. The normalized spacial score (nSPS) is 12.6. The molecule has 0 fully saturated rings. The lowest BCUT2D eigenvalue weighted by Gasteiger charge is -2.25. The lowest BCUT2D eigenvalue weighted by Crippen LogP contribution is -2.54. The van der Waals surface area contributed by atoms with E-state index in [1.165, 1.54) is 0 Å². The van der Waals surface area contributed by atoms with Crippen molar-refractivity contribution in [3.05, 3.63) is 0 Å². The molecule has 8 heteroatoms. The Bertz CT molecular complexity index is 316. The van der Waals surface area contributed by atoms with Crippen molar-refractivity contribution in [1.82, 2.24) is 10.6 Å². The molecule has 0 aromatic rings. The molecule has 6 N–H and O–H groups in total. The van der Waals surface area contributed by atoms with E-state index in [2.05, 4.69) is 5.32 Å². The van der Waals surface area contributed by atoms with Crippen LogP contribution in [-0.4, -0.2) is 46.3 Å². The number of nitrogens with two attached hydrogens (primary N) is 1. The summed E-state index contributed by atoms with van der Waals surface area (Å²) in [5, 5.41) is 21.7. The van der Waals surface area contributed by atoms with Crippen molar-refractivity contribution in [3.8, 4) is 0 Å². The molecule has 0 radical (unpaired) electrons. The van der Waals surface area contributed by atoms with Crippen molar-refractivity contribution in [2.75, 3.05) is 6.61 Å². The van der Waals surface area contributed by atoms with Gasteiger partial charge in [0.25, 0.3) is 0 Å². The van der Waals surface area contributed by atoms with E-state index >= 15 is 0 Å². The van der Waals surface area contributed by atoms with E-state index in [0.29, 0.717) is 0 Å². The Labute approximate surface area is 98.2 Å². The Kier molecular flexibility index (Phi) is 5.39. The fourth-order valence-corrected chi connectivity index (χ4v) is 1.17. The number of aliphatic hydroxyl groups is 1. The van der Waals surface area contributed by atoms with E-state index in [4.69, 9.17) is 15.9 Å². The predicted octanol–water partition coefficient (Wildman–Crippen LogP) is -1.61. The van der Waals surface area contributed by atoms with Gasteiger partial charge >= 0.3 is 12.0 Å².